The van der Waals surface area contributed by atoms with Crippen molar-refractivity contribution in [3.63, 3.8) is 0 Å². The molecule has 0 bridgehead atoms. The normalized spacial score (nSPS) is 14.7. The first kappa shape index (κ1) is 25.5. The fourth-order valence-corrected chi connectivity index (χ4v) is 5.48. The Labute approximate surface area is 217 Å². The summed E-state index contributed by atoms with van der Waals surface area (Å²) in [6.45, 7) is 2.22. The molecule has 35 heavy (non-hydrogen) atoms. The van der Waals surface area contributed by atoms with E-state index in [1.807, 2.05) is 31.2 Å². The number of aryl methyl sites for hydroxylation is 1. The summed E-state index contributed by atoms with van der Waals surface area (Å²) in [5.74, 6) is -0.139. The van der Waals surface area contributed by atoms with Gasteiger partial charge in [0.2, 0.25) is 11.8 Å². The van der Waals surface area contributed by atoms with E-state index in [2.05, 4.69) is 29.6 Å². The Bertz CT molecular complexity index is 1190. The Hall–Kier alpha value is -2.56. The van der Waals surface area contributed by atoms with Crippen LogP contribution in [0, 0.1) is 0 Å². The fourth-order valence-electron chi connectivity index (χ4n) is 5.02. The highest BCUT2D eigenvalue weighted by molar-refractivity contribution is 6.35. The molecule has 4 rings (SSSR count). The first-order valence-electron chi connectivity index (χ1n) is 12.5. The molecule has 0 saturated heterocycles. The Morgan fingerprint density at radius 3 is 2.49 bits per heavy atom. The zero-order chi connectivity index (χ0) is 24.8. The topological polar surface area (TPSA) is 49.4 Å². The van der Waals surface area contributed by atoms with E-state index in [1.54, 1.807) is 17.0 Å². The lowest BCUT2D eigenvalue weighted by atomic mass is 10.00. The Morgan fingerprint density at radius 2 is 1.74 bits per heavy atom. The molecule has 3 aromatic carbocycles. The summed E-state index contributed by atoms with van der Waals surface area (Å²) in [7, 11) is 0. The monoisotopic (exact) mass is 510 g/mol. The van der Waals surface area contributed by atoms with Crippen LogP contribution in [0.4, 0.5) is 0 Å². The molecule has 1 atom stereocenters. The first-order valence-corrected chi connectivity index (χ1v) is 13.2. The molecular formula is C29H32Cl2N2O2. The van der Waals surface area contributed by atoms with Gasteiger partial charge in [0.05, 0.1) is 0 Å². The van der Waals surface area contributed by atoms with Crippen molar-refractivity contribution in [3.8, 4) is 0 Å². The van der Waals surface area contributed by atoms with Crippen molar-refractivity contribution >= 4 is 45.8 Å². The maximum Gasteiger partial charge on any atom is 0.243 e. The highest BCUT2D eigenvalue weighted by atomic mass is 35.5. The highest BCUT2D eigenvalue weighted by Crippen LogP contribution is 2.26. The van der Waals surface area contributed by atoms with Gasteiger partial charge in [-0.25, -0.2) is 0 Å². The molecule has 1 fully saturated rings. The van der Waals surface area contributed by atoms with Crippen molar-refractivity contribution in [2.45, 2.75) is 70.5 Å². The van der Waals surface area contributed by atoms with Crippen LogP contribution in [0.2, 0.25) is 10.0 Å². The molecule has 1 aliphatic rings. The molecule has 4 nitrogen and oxygen atoms in total. The maximum atomic E-state index is 13.7. The zero-order valence-corrected chi connectivity index (χ0v) is 21.6. The number of benzene rings is 3. The second-order valence-corrected chi connectivity index (χ2v) is 10.2. The van der Waals surface area contributed by atoms with Gasteiger partial charge < -0.3 is 10.2 Å². The van der Waals surface area contributed by atoms with Gasteiger partial charge in [0.15, 0.2) is 0 Å². The van der Waals surface area contributed by atoms with Crippen molar-refractivity contribution in [2.75, 3.05) is 0 Å². The summed E-state index contributed by atoms with van der Waals surface area (Å²) < 4.78 is 0. The molecule has 0 spiro atoms. The number of amides is 2. The molecule has 184 valence electrons. The van der Waals surface area contributed by atoms with Crippen LogP contribution in [0.15, 0.2) is 60.7 Å². The number of nitrogens with one attached hydrogen (secondary N) is 1. The lowest BCUT2D eigenvalue weighted by Gasteiger charge is -2.32. The number of nitrogens with zero attached hydrogens (tertiary/aromatic N) is 1. The number of halogens is 2. The van der Waals surface area contributed by atoms with Crippen LogP contribution < -0.4 is 5.32 Å². The molecule has 0 heterocycles. The Morgan fingerprint density at radius 1 is 1.00 bits per heavy atom. The van der Waals surface area contributed by atoms with E-state index in [1.165, 1.54) is 0 Å². The lowest BCUT2D eigenvalue weighted by Crippen LogP contribution is -2.51. The predicted octanol–water partition coefficient (Wildman–Crippen LogP) is 6.95. The molecule has 1 aliphatic carbocycles. The number of rotatable bonds is 9. The first-order chi connectivity index (χ1) is 17.0. The summed E-state index contributed by atoms with van der Waals surface area (Å²) in [5.41, 5.74) is 1.91. The summed E-state index contributed by atoms with van der Waals surface area (Å²) in [6.07, 6.45) is 5.72. The van der Waals surface area contributed by atoms with Crippen molar-refractivity contribution in [3.05, 3.63) is 81.8 Å². The van der Waals surface area contributed by atoms with Crippen molar-refractivity contribution in [1.82, 2.24) is 10.2 Å². The molecule has 3 aromatic rings. The van der Waals surface area contributed by atoms with E-state index in [-0.39, 0.29) is 24.4 Å². The number of fused-ring (bicyclic) bond motifs is 1. The third-order valence-electron chi connectivity index (χ3n) is 6.93. The Kier molecular flexibility index (Phi) is 8.69. The Balaban J connectivity index is 1.56. The van der Waals surface area contributed by atoms with Crippen LogP contribution in [0.1, 0.15) is 56.6 Å². The van der Waals surface area contributed by atoms with Crippen molar-refractivity contribution in [2.24, 2.45) is 0 Å². The average molecular weight is 511 g/mol. The zero-order valence-electron chi connectivity index (χ0n) is 20.1. The minimum atomic E-state index is -0.553. The SMILES string of the molecule is CCC(C(=O)NC1CCCC1)N(Cc1ccc(Cl)cc1Cl)C(=O)CCc1cccc2ccccc12. The standard InChI is InChI=1S/C29H32Cl2N2O2/c1-2-27(29(35)32-24-11-4-5-12-24)33(19-22-14-16-23(30)18-26(22)31)28(34)17-15-21-10-7-9-20-8-3-6-13-25(20)21/h3,6-10,13-14,16,18,24,27H,2,4-5,11-12,15,17,19H2,1H3,(H,32,35). The molecule has 1 N–H and O–H groups in total. The van der Waals surface area contributed by atoms with E-state index in [0.29, 0.717) is 29.3 Å². The van der Waals surface area contributed by atoms with Crippen molar-refractivity contribution in [1.29, 1.82) is 0 Å². The van der Waals surface area contributed by atoms with E-state index in [0.717, 1.165) is 47.6 Å². The van der Waals surface area contributed by atoms with E-state index >= 15 is 0 Å². The van der Waals surface area contributed by atoms with Crippen molar-refractivity contribution < 1.29 is 9.59 Å². The minimum Gasteiger partial charge on any atom is -0.352 e. The molecule has 1 unspecified atom stereocenters. The predicted molar refractivity (Wildman–Crippen MR) is 144 cm³/mol. The lowest BCUT2D eigenvalue weighted by molar-refractivity contribution is -0.141. The summed E-state index contributed by atoms with van der Waals surface area (Å²) in [6, 6.07) is 19.3. The average Bonchev–Trinajstić information content (AvgIpc) is 3.36. The number of carbonyl (C=O) groups excluding carboxylic acids is 2. The van der Waals surface area contributed by atoms with Gasteiger partial charge in [-0.05, 0) is 59.7 Å². The van der Waals surface area contributed by atoms with E-state index < -0.39 is 6.04 Å². The third kappa shape index (κ3) is 6.36. The van der Waals surface area contributed by atoms with Gasteiger partial charge in [-0.15, -0.1) is 0 Å². The smallest absolute Gasteiger partial charge is 0.243 e. The van der Waals surface area contributed by atoms with Gasteiger partial charge in [-0.1, -0.05) is 91.5 Å². The molecular weight excluding hydrogens is 479 g/mol. The number of carbonyl (C=O) groups is 2. The van der Waals surface area contributed by atoms with Gasteiger partial charge in [0.1, 0.15) is 6.04 Å². The maximum absolute atomic E-state index is 13.7. The molecule has 2 amide bonds. The molecule has 6 heteroatoms. The van der Waals surface area contributed by atoms with E-state index in [4.69, 9.17) is 23.2 Å². The molecule has 1 saturated carbocycles. The van der Waals surface area contributed by atoms with Gasteiger partial charge in [0, 0.05) is 29.1 Å². The summed E-state index contributed by atoms with van der Waals surface area (Å²) in [4.78, 5) is 28.6. The molecule has 0 aliphatic heterocycles. The van der Waals surface area contributed by atoms with Gasteiger partial charge in [-0.3, -0.25) is 9.59 Å². The summed E-state index contributed by atoms with van der Waals surface area (Å²) >= 11 is 12.5. The van der Waals surface area contributed by atoms with Crippen LogP contribution in [0.25, 0.3) is 10.8 Å². The third-order valence-corrected chi connectivity index (χ3v) is 7.52. The van der Waals surface area contributed by atoms with Crippen LogP contribution >= 0.6 is 23.2 Å². The number of hydrogen-bond acceptors (Lipinski definition) is 2. The summed E-state index contributed by atoms with van der Waals surface area (Å²) in [5, 5.41) is 6.53. The van der Waals surface area contributed by atoms with E-state index in [9.17, 15) is 9.59 Å². The van der Waals surface area contributed by atoms with Gasteiger partial charge >= 0.3 is 0 Å². The van der Waals surface area contributed by atoms with Crippen LogP contribution in [-0.2, 0) is 22.6 Å². The van der Waals surface area contributed by atoms with Gasteiger partial charge in [0.25, 0.3) is 0 Å². The quantitative estimate of drug-likeness (QED) is 0.338. The molecule has 0 radical (unpaired) electrons. The van der Waals surface area contributed by atoms with Crippen LogP contribution in [0.5, 0.6) is 0 Å². The van der Waals surface area contributed by atoms with Crippen LogP contribution in [0.3, 0.4) is 0 Å². The van der Waals surface area contributed by atoms with Gasteiger partial charge in [-0.2, -0.15) is 0 Å². The fraction of sp³-hybridized carbons (Fsp3) is 0.379. The second-order valence-electron chi connectivity index (χ2n) is 9.31. The van der Waals surface area contributed by atoms with Crippen LogP contribution in [-0.4, -0.2) is 28.8 Å². The minimum absolute atomic E-state index is 0.0580. The second kappa shape index (κ2) is 11.9. The molecule has 0 aromatic heterocycles. The largest absolute Gasteiger partial charge is 0.352 e. The highest BCUT2D eigenvalue weighted by Gasteiger charge is 2.30. The number of hydrogen-bond donors (Lipinski definition) is 1.